The van der Waals surface area contributed by atoms with E-state index in [1.165, 1.54) is 0 Å². The van der Waals surface area contributed by atoms with Gasteiger partial charge in [0, 0.05) is 107 Å². The predicted molar refractivity (Wildman–Crippen MR) is 235 cm³/mol. The molecule has 13 nitrogen and oxygen atoms in total. The minimum atomic E-state index is -0.752. The van der Waals surface area contributed by atoms with E-state index in [0.29, 0.717) is 58.6 Å². The van der Waals surface area contributed by atoms with E-state index in [2.05, 4.69) is 31.0 Å². The Morgan fingerprint density at radius 1 is 0.790 bits per heavy atom. The zero-order chi connectivity index (χ0) is 43.4. The number of imide groups is 1. The number of aryl methyl sites for hydroxylation is 1. The first-order chi connectivity index (χ1) is 29.8. The average Bonchev–Trinajstić information content (AvgIpc) is 3.59. The van der Waals surface area contributed by atoms with Crippen LogP contribution >= 0.6 is 0 Å². The number of nitrogens with zero attached hydrogens (tertiary/aromatic N) is 6. The van der Waals surface area contributed by atoms with Crippen LogP contribution in [0.5, 0.6) is 11.5 Å². The lowest BCUT2D eigenvalue weighted by atomic mass is 9.70. The first-order valence-corrected chi connectivity index (χ1v) is 22.5. The Balaban J connectivity index is 0.725. The largest absolute Gasteiger partial charge is 0.508 e. The third kappa shape index (κ3) is 7.89. The van der Waals surface area contributed by atoms with Gasteiger partial charge in [0.05, 0.1) is 24.3 Å². The number of benzene rings is 3. The first-order valence-electron chi connectivity index (χ1n) is 22.5. The average molecular weight is 850 g/mol. The van der Waals surface area contributed by atoms with Gasteiger partial charge in [-0.3, -0.25) is 24.5 Å². The summed E-state index contributed by atoms with van der Waals surface area (Å²) in [4.78, 5) is 63.8. The number of ether oxygens (including phenoxy) is 1. The van der Waals surface area contributed by atoms with Gasteiger partial charge in [-0.1, -0.05) is 0 Å². The van der Waals surface area contributed by atoms with Gasteiger partial charge in [-0.2, -0.15) is 0 Å². The van der Waals surface area contributed by atoms with Crippen LogP contribution in [-0.4, -0.2) is 122 Å². The van der Waals surface area contributed by atoms with E-state index in [1.807, 2.05) is 32.0 Å². The maximum Gasteiger partial charge on any atom is 0.255 e. The second-order valence-corrected chi connectivity index (χ2v) is 19.0. The molecular formula is C48H60FN7O6. The fourth-order valence-corrected chi connectivity index (χ4v) is 10.9. The number of amides is 4. The van der Waals surface area contributed by atoms with Gasteiger partial charge in [0.25, 0.3) is 5.91 Å². The van der Waals surface area contributed by atoms with Crippen LogP contribution in [0.25, 0.3) is 0 Å². The van der Waals surface area contributed by atoms with Gasteiger partial charge < -0.3 is 39.2 Å². The molecule has 4 amide bonds. The Kier molecular flexibility index (Phi) is 11.4. The molecule has 6 aliphatic heterocycles. The molecule has 0 spiro atoms. The summed E-state index contributed by atoms with van der Waals surface area (Å²) in [5.41, 5.74) is 4.50. The van der Waals surface area contributed by atoms with Gasteiger partial charge in [-0.15, -0.1) is 0 Å². The molecule has 0 saturated carbocycles. The van der Waals surface area contributed by atoms with Crippen molar-refractivity contribution in [3.8, 4) is 11.5 Å². The molecule has 5 fully saturated rings. The number of fused-ring (bicyclic) bond motifs is 1. The Bertz CT molecular complexity index is 2240. The van der Waals surface area contributed by atoms with Crippen molar-refractivity contribution in [1.29, 1.82) is 0 Å². The number of anilines is 3. The van der Waals surface area contributed by atoms with Crippen LogP contribution in [0.3, 0.4) is 0 Å². The summed E-state index contributed by atoms with van der Waals surface area (Å²) in [7, 11) is 1.60. The number of methoxy groups -OCH3 is 1. The summed E-state index contributed by atoms with van der Waals surface area (Å²) in [6, 6.07) is 13.5. The highest BCUT2D eigenvalue weighted by Crippen LogP contribution is 2.54. The highest BCUT2D eigenvalue weighted by Gasteiger charge is 2.56. The van der Waals surface area contributed by atoms with Crippen molar-refractivity contribution in [2.75, 3.05) is 87.3 Å². The van der Waals surface area contributed by atoms with Gasteiger partial charge in [0.15, 0.2) is 0 Å². The highest BCUT2D eigenvalue weighted by atomic mass is 19.1. The number of hydrogen-bond acceptors (Lipinski definition) is 10. The quantitative estimate of drug-likeness (QED) is 0.200. The molecule has 0 aliphatic carbocycles. The minimum Gasteiger partial charge on any atom is -0.508 e. The lowest BCUT2D eigenvalue weighted by molar-refractivity contribution is -0.138. The Morgan fingerprint density at radius 2 is 1.42 bits per heavy atom. The molecule has 0 bridgehead atoms. The van der Waals surface area contributed by atoms with E-state index in [-0.39, 0.29) is 41.6 Å². The second kappa shape index (κ2) is 16.8. The molecular weight excluding hydrogens is 790 g/mol. The third-order valence-electron chi connectivity index (χ3n) is 14.7. The van der Waals surface area contributed by atoms with Crippen LogP contribution < -0.4 is 24.8 Å². The summed E-state index contributed by atoms with van der Waals surface area (Å²) in [6.45, 7) is 16.0. The predicted octanol–water partition coefficient (Wildman–Crippen LogP) is 5.47. The molecule has 2 N–H and O–H groups in total. The van der Waals surface area contributed by atoms with Crippen molar-refractivity contribution < 1.29 is 33.4 Å². The van der Waals surface area contributed by atoms with Crippen LogP contribution in [0.15, 0.2) is 48.5 Å². The fourth-order valence-electron chi connectivity index (χ4n) is 10.9. The number of carbonyl (C=O) groups is 4. The lowest BCUT2D eigenvalue weighted by Gasteiger charge is -2.53. The number of piperazine rings is 1. The first kappa shape index (κ1) is 42.1. The van der Waals surface area contributed by atoms with Crippen LogP contribution in [-0.2, 0) is 20.9 Å². The number of aromatic hydroxyl groups is 1. The minimum absolute atomic E-state index is 0.0579. The van der Waals surface area contributed by atoms with Gasteiger partial charge in [0.1, 0.15) is 23.4 Å². The maximum atomic E-state index is 16.1. The summed E-state index contributed by atoms with van der Waals surface area (Å²) in [6.07, 6.45) is 4.87. The van der Waals surface area contributed by atoms with Gasteiger partial charge in [-0.25, -0.2) is 4.39 Å². The molecule has 6 heterocycles. The number of hydrogen-bond donors (Lipinski definition) is 2. The molecule has 1 unspecified atom stereocenters. The van der Waals surface area contributed by atoms with Gasteiger partial charge in [-0.05, 0) is 118 Å². The number of phenolic OH excluding ortho intramolecular Hbond substituents is 1. The zero-order valence-corrected chi connectivity index (χ0v) is 36.5. The Labute approximate surface area is 363 Å². The molecule has 14 heteroatoms. The maximum absolute atomic E-state index is 16.1. The van der Waals surface area contributed by atoms with Crippen LogP contribution in [0.4, 0.5) is 21.5 Å². The molecule has 3 aromatic carbocycles. The molecule has 0 aromatic heterocycles. The molecule has 330 valence electrons. The van der Waals surface area contributed by atoms with E-state index in [9.17, 15) is 24.3 Å². The topological polar surface area (TPSA) is 129 Å². The number of β-lactam (4-membered cyclic amide) rings is 1. The van der Waals surface area contributed by atoms with E-state index in [0.717, 1.165) is 102 Å². The van der Waals surface area contributed by atoms with Crippen molar-refractivity contribution in [2.45, 2.75) is 77.9 Å². The Hall–Kier alpha value is -5.21. The number of rotatable bonds is 10. The summed E-state index contributed by atoms with van der Waals surface area (Å²) in [5.74, 6) is 0.792. The summed E-state index contributed by atoms with van der Waals surface area (Å²) in [5, 5.41) is 12.5. The van der Waals surface area contributed by atoms with Gasteiger partial charge >= 0.3 is 0 Å². The third-order valence-corrected chi connectivity index (χ3v) is 14.7. The zero-order valence-electron chi connectivity index (χ0n) is 36.5. The van der Waals surface area contributed by atoms with Crippen molar-refractivity contribution in [2.24, 2.45) is 17.3 Å². The van der Waals surface area contributed by atoms with E-state index >= 15 is 4.39 Å². The molecule has 0 radical (unpaired) electrons. The summed E-state index contributed by atoms with van der Waals surface area (Å²) < 4.78 is 22.0. The summed E-state index contributed by atoms with van der Waals surface area (Å²) >= 11 is 0. The second-order valence-electron chi connectivity index (χ2n) is 19.0. The van der Waals surface area contributed by atoms with Crippen molar-refractivity contribution in [1.82, 2.24) is 20.0 Å². The highest BCUT2D eigenvalue weighted by molar-refractivity contribution is 6.06. The van der Waals surface area contributed by atoms with E-state index < -0.39 is 17.5 Å². The van der Waals surface area contributed by atoms with Gasteiger partial charge in [0.2, 0.25) is 17.7 Å². The number of carbonyl (C=O) groups excluding carboxylic acids is 4. The molecule has 62 heavy (non-hydrogen) atoms. The molecule has 5 saturated heterocycles. The normalized spacial score (nSPS) is 24.1. The number of nitrogens with one attached hydrogen (secondary N) is 1. The fraction of sp³-hybridized carbons (Fsp3) is 0.542. The van der Waals surface area contributed by atoms with Crippen molar-refractivity contribution >= 4 is 40.7 Å². The van der Waals surface area contributed by atoms with Crippen LogP contribution in [0, 0.1) is 30.0 Å². The van der Waals surface area contributed by atoms with Crippen LogP contribution in [0.2, 0.25) is 0 Å². The number of halogens is 1. The number of piperidine rings is 3. The molecule has 2 atom stereocenters. The standard InChI is InChI=1S/C48H60FN7O6/c1-30-23-35(6-9-41(30)57)56-44(48(2,3)47(56)61)37-25-38(49)40(26-42(37)62-4)54-17-13-32(14-18-54)28-52-21-19-51(20-22-52)27-31-11-15-53(16-12-31)34-5-7-36-33(24-34)29-55(46(36)60)39-8-10-43(58)50-45(39)59/h5-7,9,23-26,31-32,39,44,57H,8,10-22,27-29H2,1-4H3,(H,50,58,59)/t39?,44-/m0/s1. The smallest absolute Gasteiger partial charge is 0.255 e. The molecule has 9 rings (SSSR count). The molecule has 6 aliphatic rings. The monoisotopic (exact) mass is 849 g/mol. The number of phenols is 1. The van der Waals surface area contributed by atoms with E-state index in [1.54, 1.807) is 48.1 Å². The Morgan fingerprint density at radius 3 is 2.03 bits per heavy atom. The lowest BCUT2D eigenvalue weighted by Crippen LogP contribution is -2.61. The van der Waals surface area contributed by atoms with Crippen molar-refractivity contribution in [3.05, 3.63) is 76.6 Å². The van der Waals surface area contributed by atoms with E-state index in [4.69, 9.17) is 4.74 Å². The van der Waals surface area contributed by atoms with Crippen molar-refractivity contribution in [3.63, 3.8) is 0 Å². The molecule has 3 aromatic rings. The van der Waals surface area contributed by atoms with Crippen LogP contribution in [0.1, 0.15) is 85.5 Å². The SMILES string of the molecule is COc1cc(N2CCC(CN3CCN(CC4CCN(c5ccc6c(c5)CN(C5CCC(=O)NC5=O)C6=O)CC4)CC3)CC2)c(F)cc1[C@@H]1N(c2ccc(O)c(C)c2)C(=O)C1(C)C.